The number of nitrogens with two attached hydrogens (primary N) is 1. The molecule has 0 radical (unpaired) electrons. The van der Waals surface area contributed by atoms with Crippen LogP contribution in [0.4, 0.5) is 26.1 Å². The Balaban J connectivity index is 0.000000165. The van der Waals surface area contributed by atoms with Crippen molar-refractivity contribution in [3.63, 3.8) is 0 Å². The molecule has 3 amide bonds. The number of ether oxygens (including phenoxy) is 3. The lowest BCUT2D eigenvalue weighted by atomic mass is 10.00. The number of amides is 3. The maximum atomic E-state index is 13.5. The minimum absolute atomic E-state index is 0. The second kappa shape index (κ2) is 36.5. The summed E-state index contributed by atoms with van der Waals surface area (Å²) in [6.45, 7) is 24.2. The molecule has 0 aliphatic carbocycles. The molecule has 626 valence electrons. The van der Waals surface area contributed by atoms with Crippen molar-refractivity contribution >= 4 is 150 Å². The molecule has 30 nitrogen and oxygen atoms in total. The third-order valence-electron chi connectivity index (χ3n) is 19.8. The minimum Gasteiger partial charge on any atom is -0.444 e. The summed E-state index contributed by atoms with van der Waals surface area (Å²) in [5, 5.41) is 18.9. The van der Waals surface area contributed by atoms with Crippen LogP contribution < -0.4 is 32.9 Å². The standard InChI is InChI=1S/C22H21N7O2.C21H24N4O3.C20H21BrN4O3.C20H21IN4O3.4H2S/c1-13-8-11-28-18(13)21(31)29(15-6-4-3-5-7-15)20(26-28)17-9-10-27(17)19-16(14(2)30)12-24-22(23)25-19;1-14-10-13-24-17(14)19(26)25(15-8-6-5-7-9-15)18(22-24)16-11-12-23(16)20(27)28-21(2,3)4;2*1-20(2,3)28-19(27)23-11-10-15(23)17-22-24-12-9-14(21)16(24)18(26)25(17)13-7-5-4-6-8-13;;;;/h3-8,11-12,17H,9-10H2,1-2H3,(H2,23,24,25);5-10,13,16H,11-12H2,1-4H3;2*4-9,12,15H,10-11H2,1-3H3;4*1H2/t17-;16-;2*15-;;;;/m0000..../s1. The number of hydrogen-bond acceptors (Lipinski definition) is 19. The molecule has 36 heteroatoms. The Morgan fingerprint density at radius 3 is 1.05 bits per heavy atom. The second-order valence-electron chi connectivity index (χ2n) is 31.3. The summed E-state index contributed by atoms with van der Waals surface area (Å²) in [5.41, 5.74) is 10.5. The maximum Gasteiger partial charge on any atom is 0.410 e. The molecule has 9 aromatic heterocycles. The summed E-state index contributed by atoms with van der Waals surface area (Å²) in [7, 11) is 0. The molecule has 0 unspecified atom stereocenters. The number of anilines is 2. The zero-order chi connectivity index (χ0) is 81.9. The Hall–Kier alpha value is -10.7. The van der Waals surface area contributed by atoms with Gasteiger partial charge in [-0.3, -0.25) is 56.9 Å². The number of nitrogen functional groups attached to an aromatic ring is 1. The number of likely N-dealkylation sites (tertiary alicyclic amines) is 3. The van der Waals surface area contributed by atoms with E-state index in [1.54, 1.807) is 81.9 Å². The first-order chi connectivity index (χ1) is 54.7. The van der Waals surface area contributed by atoms with Gasteiger partial charge in [0.1, 0.15) is 44.7 Å². The smallest absolute Gasteiger partial charge is 0.410 e. The molecule has 4 fully saturated rings. The number of para-hydroxylation sites is 4. The number of nitrogens with zero attached hydrogens (tertiary/aromatic N) is 18. The van der Waals surface area contributed by atoms with Gasteiger partial charge < -0.3 is 24.8 Å². The van der Waals surface area contributed by atoms with Gasteiger partial charge in [0.15, 0.2) is 29.1 Å². The number of aryl methyl sites for hydroxylation is 2. The summed E-state index contributed by atoms with van der Waals surface area (Å²) in [5.74, 6) is 2.58. The third-order valence-corrected chi connectivity index (χ3v) is 21.3. The number of halogens is 2. The zero-order valence-electron chi connectivity index (χ0n) is 67.6. The molecule has 4 aliphatic heterocycles. The van der Waals surface area contributed by atoms with Crippen LogP contribution in [-0.4, -0.2) is 148 Å². The van der Waals surface area contributed by atoms with Crippen LogP contribution in [0.5, 0.6) is 0 Å². The Kier molecular flexibility index (Phi) is 27.8. The minimum atomic E-state index is -0.584. The van der Waals surface area contributed by atoms with Gasteiger partial charge in [-0.05, 0) is 231 Å². The first-order valence-electron chi connectivity index (χ1n) is 37.7. The summed E-state index contributed by atoms with van der Waals surface area (Å²) in [6.07, 6.45) is 10.3. The normalized spacial score (nSPS) is 16.0. The number of carbonyl (C=O) groups is 4. The summed E-state index contributed by atoms with van der Waals surface area (Å²) in [6, 6.07) is 43.8. The predicted molar refractivity (Wildman–Crippen MR) is 487 cm³/mol. The number of ketones is 1. The van der Waals surface area contributed by atoms with E-state index < -0.39 is 22.9 Å². The molecule has 4 aliphatic rings. The Morgan fingerprint density at radius 1 is 0.429 bits per heavy atom. The second-order valence-corrected chi connectivity index (χ2v) is 33.3. The molecular formula is C83H95BrIN19O11S4. The van der Waals surface area contributed by atoms with E-state index in [2.05, 4.69) is 53.6 Å². The van der Waals surface area contributed by atoms with Crippen molar-refractivity contribution in [1.29, 1.82) is 0 Å². The van der Waals surface area contributed by atoms with E-state index in [0.717, 1.165) is 51.0 Å². The topological polar surface area (TPSA) is 318 Å². The Bertz CT molecular complexity index is 5760. The molecule has 13 heterocycles. The van der Waals surface area contributed by atoms with Crippen LogP contribution in [0.3, 0.4) is 0 Å². The number of hydrogen-bond donors (Lipinski definition) is 1. The van der Waals surface area contributed by atoms with Gasteiger partial charge in [-0.15, -0.1) is 0 Å². The quantitative estimate of drug-likeness (QED) is 0.0755. The average molecular weight is 1870 g/mol. The fourth-order valence-electron chi connectivity index (χ4n) is 14.1. The van der Waals surface area contributed by atoms with Crippen molar-refractivity contribution < 1.29 is 33.4 Å². The van der Waals surface area contributed by atoms with Gasteiger partial charge in [0.25, 0.3) is 22.2 Å². The van der Waals surface area contributed by atoms with E-state index >= 15 is 0 Å². The van der Waals surface area contributed by atoms with E-state index in [1.807, 2.05) is 221 Å². The first-order valence-corrected chi connectivity index (χ1v) is 39.5. The number of rotatable bonds is 10. The lowest BCUT2D eigenvalue weighted by molar-refractivity contribution is -0.00897. The van der Waals surface area contributed by atoms with Gasteiger partial charge in [0.05, 0.1) is 57.0 Å². The van der Waals surface area contributed by atoms with Crippen LogP contribution in [0.15, 0.2) is 200 Å². The van der Waals surface area contributed by atoms with E-state index in [9.17, 15) is 38.4 Å². The van der Waals surface area contributed by atoms with Crippen molar-refractivity contribution in [3.05, 3.63) is 266 Å². The monoisotopic (exact) mass is 1870 g/mol. The molecule has 0 saturated carbocycles. The highest BCUT2D eigenvalue weighted by Crippen LogP contribution is 2.41. The number of fused-ring (bicyclic) bond motifs is 4. The molecule has 4 aromatic carbocycles. The van der Waals surface area contributed by atoms with Gasteiger partial charge >= 0.3 is 18.3 Å². The Morgan fingerprint density at radius 2 is 0.731 bits per heavy atom. The van der Waals surface area contributed by atoms with Crippen molar-refractivity contribution in [3.8, 4) is 22.7 Å². The molecule has 17 rings (SSSR count). The van der Waals surface area contributed by atoms with Crippen molar-refractivity contribution in [2.24, 2.45) is 0 Å². The van der Waals surface area contributed by atoms with Gasteiger partial charge in [-0.1, -0.05) is 72.8 Å². The molecule has 4 saturated heterocycles. The van der Waals surface area contributed by atoms with E-state index in [4.69, 9.17) is 35.2 Å². The highest BCUT2D eigenvalue weighted by atomic mass is 127. The summed E-state index contributed by atoms with van der Waals surface area (Å²) in [4.78, 5) is 119. The van der Waals surface area contributed by atoms with Gasteiger partial charge in [-0.25, -0.2) is 37.4 Å². The zero-order valence-corrected chi connectivity index (χ0v) is 75.3. The van der Waals surface area contributed by atoms with Gasteiger partial charge in [-0.2, -0.15) is 79.4 Å². The lowest BCUT2D eigenvalue weighted by Crippen LogP contribution is -2.49. The fraction of sp³-hybridized carbons (Fsp3) is 0.325. The number of aromatic nitrogens is 14. The maximum absolute atomic E-state index is 13.5. The van der Waals surface area contributed by atoms with Crippen LogP contribution in [0.25, 0.3) is 44.8 Å². The van der Waals surface area contributed by atoms with Crippen LogP contribution in [0.2, 0.25) is 0 Å². The van der Waals surface area contributed by atoms with Crippen LogP contribution in [0.1, 0.15) is 164 Å². The van der Waals surface area contributed by atoms with E-state index in [1.165, 1.54) is 13.1 Å². The third kappa shape index (κ3) is 18.6. The van der Waals surface area contributed by atoms with E-state index in [0.29, 0.717) is 99.5 Å². The largest absolute Gasteiger partial charge is 0.444 e. The molecule has 0 bridgehead atoms. The average Bonchev–Trinajstić information content (AvgIpc) is 1.75. The lowest BCUT2D eigenvalue weighted by Gasteiger charge is -2.42. The van der Waals surface area contributed by atoms with Crippen LogP contribution in [0, 0.1) is 17.4 Å². The van der Waals surface area contributed by atoms with Crippen molar-refractivity contribution in [1.82, 2.24) is 81.4 Å². The molecule has 119 heavy (non-hydrogen) atoms. The van der Waals surface area contributed by atoms with Gasteiger partial charge in [0.2, 0.25) is 5.95 Å². The van der Waals surface area contributed by atoms with Gasteiger partial charge in [0, 0.05) is 60.7 Å². The number of carbonyl (C=O) groups excluding carboxylic acids is 4. The number of benzene rings is 4. The van der Waals surface area contributed by atoms with Crippen molar-refractivity contribution in [2.45, 2.75) is 150 Å². The molecule has 13 aromatic rings. The van der Waals surface area contributed by atoms with Crippen LogP contribution in [-0.2, 0) is 14.2 Å². The SMILES string of the molecule is CC(=O)c1cnc(N)nc1N1CC[C@H]1c1nn2ccc(C)c2c(=O)n1-c1ccccc1.CC(C)(C)OC(=O)N1CC[C@H]1c1nn2ccc(Br)c2c(=O)n1-c1ccccc1.CC(C)(C)OC(=O)N1CC[C@H]1c1nn2ccc(I)c2c(=O)n1-c1ccccc1.Cc1ccn2nc([C@@H]3CCN3C(=O)OC(C)(C)C)n(-c3ccccc3)c(=O)c12.S.S.S.S. The molecule has 4 atom stereocenters. The highest BCUT2D eigenvalue weighted by Gasteiger charge is 2.44. The predicted octanol–water partition coefficient (Wildman–Crippen LogP) is 13.9. The molecular weight excluding hydrogens is 1770 g/mol. The summed E-state index contributed by atoms with van der Waals surface area (Å²) < 4.78 is 30.9. The molecule has 2 N–H and O–H groups in total. The number of Topliss-reactive ketones (excluding diaryl/α,β-unsaturated/α-hetero) is 1. The Labute approximate surface area is 734 Å². The van der Waals surface area contributed by atoms with Crippen molar-refractivity contribution in [2.75, 3.05) is 36.8 Å². The first kappa shape index (κ1) is 90.7. The summed E-state index contributed by atoms with van der Waals surface area (Å²) >= 11 is 5.56. The molecule has 0 spiro atoms. The fourth-order valence-corrected chi connectivity index (χ4v) is 15.2. The van der Waals surface area contributed by atoms with Crippen LogP contribution >= 0.6 is 92.5 Å². The van der Waals surface area contributed by atoms with E-state index in [-0.39, 0.29) is 124 Å². The highest BCUT2D eigenvalue weighted by molar-refractivity contribution is 14.1.